The molecule has 1 saturated carbocycles. The van der Waals surface area contributed by atoms with Crippen LogP contribution in [0, 0.1) is 0 Å². The van der Waals surface area contributed by atoms with Gasteiger partial charge >= 0.3 is 0 Å². The van der Waals surface area contributed by atoms with E-state index >= 15 is 0 Å². The molecule has 3 heteroatoms. The highest BCUT2D eigenvalue weighted by atomic mass is 32.2. The highest BCUT2D eigenvalue weighted by molar-refractivity contribution is 7.98. The first kappa shape index (κ1) is 12.5. The zero-order valence-corrected chi connectivity index (χ0v) is 11.5. The van der Waals surface area contributed by atoms with Crippen LogP contribution in [0.2, 0.25) is 0 Å². The van der Waals surface area contributed by atoms with E-state index in [9.17, 15) is 5.11 Å². The van der Waals surface area contributed by atoms with E-state index in [0.717, 1.165) is 30.9 Å². The van der Waals surface area contributed by atoms with E-state index in [4.69, 9.17) is 0 Å². The molecule has 1 heterocycles. The molecular weight excluding hydrogens is 242 g/mol. The smallest absolute Gasteiger partial charge is 0.0771 e. The first-order chi connectivity index (χ1) is 8.77. The fourth-order valence-electron chi connectivity index (χ4n) is 3.07. The predicted octanol–water partition coefficient (Wildman–Crippen LogP) is 2.87. The van der Waals surface area contributed by atoms with Crippen LogP contribution in [0.5, 0.6) is 0 Å². The van der Waals surface area contributed by atoms with Gasteiger partial charge < -0.3 is 10.4 Å². The van der Waals surface area contributed by atoms with Gasteiger partial charge in [-0.1, -0.05) is 37.1 Å². The Bertz CT molecular complexity index is 415. The van der Waals surface area contributed by atoms with E-state index in [1.54, 1.807) is 0 Å². The second-order valence-electron chi connectivity index (χ2n) is 5.58. The number of hydrogen-bond acceptors (Lipinski definition) is 3. The Morgan fingerprint density at radius 1 is 1.28 bits per heavy atom. The number of thioether (sulfide) groups is 1. The lowest BCUT2D eigenvalue weighted by molar-refractivity contribution is 0.0454. The molecule has 2 aliphatic rings. The fraction of sp³-hybridized carbons (Fsp3) is 0.600. The highest BCUT2D eigenvalue weighted by Gasteiger charge is 2.32. The van der Waals surface area contributed by atoms with E-state index in [1.165, 1.54) is 24.0 Å². The maximum atomic E-state index is 10.4. The lowest BCUT2D eigenvalue weighted by Gasteiger charge is -2.30. The molecule has 0 bridgehead atoms. The largest absolute Gasteiger partial charge is 0.389 e. The van der Waals surface area contributed by atoms with Crippen LogP contribution in [-0.2, 0) is 5.75 Å². The second-order valence-corrected chi connectivity index (χ2v) is 6.61. The zero-order valence-electron chi connectivity index (χ0n) is 10.7. The van der Waals surface area contributed by atoms with E-state index in [1.807, 2.05) is 11.8 Å². The van der Waals surface area contributed by atoms with Gasteiger partial charge in [-0.3, -0.25) is 0 Å². The van der Waals surface area contributed by atoms with Crippen molar-refractivity contribution in [1.29, 1.82) is 0 Å². The van der Waals surface area contributed by atoms with Crippen molar-refractivity contribution in [2.45, 2.75) is 43.1 Å². The molecule has 1 fully saturated rings. The Morgan fingerprint density at radius 3 is 2.89 bits per heavy atom. The van der Waals surface area contributed by atoms with Gasteiger partial charge in [0, 0.05) is 24.1 Å². The third kappa shape index (κ3) is 2.58. The maximum absolute atomic E-state index is 10.4. The molecule has 2 N–H and O–H groups in total. The van der Waals surface area contributed by atoms with Crippen LogP contribution in [0.25, 0.3) is 0 Å². The summed E-state index contributed by atoms with van der Waals surface area (Å²) >= 11 is 1.98. The summed E-state index contributed by atoms with van der Waals surface area (Å²) in [6, 6.07) is 9.09. The van der Waals surface area contributed by atoms with Crippen molar-refractivity contribution in [3.05, 3.63) is 35.4 Å². The van der Waals surface area contributed by atoms with Crippen molar-refractivity contribution in [3.8, 4) is 0 Å². The van der Waals surface area contributed by atoms with Crippen LogP contribution < -0.4 is 5.32 Å². The first-order valence-electron chi connectivity index (χ1n) is 6.88. The van der Waals surface area contributed by atoms with Crippen LogP contribution in [0.1, 0.15) is 42.9 Å². The Balaban J connectivity index is 1.67. The summed E-state index contributed by atoms with van der Waals surface area (Å²) in [4.78, 5) is 0. The summed E-state index contributed by atoms with van der Waals surface area (Å²) < 4.78 is 0. The monoisotopic (exact) mass is 263 g/mol. The van der Waals surface area contributed by atoms with Gasteiger partial charge in [0.15, 0.2) is 0 Å². The minimum Gasteiger partial charge on any atom is -0.389 e. The molecule has 1 aromatic carbocycles. The number of rotatable bonds is 3. The van der Waals surface area contributed by atoms with Gasteiger partial charge in [-0.2, -0.15) is 11.8 Å². The topological polar surface area (TPSA) is 32.3 Å². The number of fused-ring (bicyclic) bond motifs is 1. The molecule has 98 valence electrons. The van der Waals surface area contributed by atoms with Crippen molar-refractivity contribution in [1.82, 2.24) is 5.32 Å². The highest BCUT2D eigenvalue weighted by Crippen LogP contribution is 2.33. The molecule has 1 atom stereocenters. The lowest BCUT2D eigenvalue weighted by atomic mass is 9.99. The summed E-state index contributed by atoms with van der Waals surface area (Å²) in [5, 5.41) is 14.0. The Labute approximate surface area is 113 Å². The Hall–Kier alpha value is -0.510. The molecule has 0 spiro atoms. The molecule has 1 unspecified atom stereocenters. The van der Waals surface area contributed by atoms with Gasteiger partial charge in [-0.15, -0.1) is 0 Å². The van der Waals surface area contributed by atoms with E-state index in [2.05, 4.69) is 29.6 Å². The van der Waals surface area contributed by atoms with Crippen LogP contribution in [0.15, 0.2) is 24.3 Å². The number of benzene rings is 1. The van der Waals surface area contributed by atoms with Gasteiger partial charge in [0.2, 0.25) is 0 Å². The van der Waals surface area contributed by atoms with Gasteiger partial charge in [0.25, 0.3) is 0 Å². The van der Waals surface area contributed by atoms with Crippen LogP contribution in [0.3, 0.4) is 0 Å². The molecule has 0 aromatic heterocycles. The van der Waals surface area contributed by atoms with Crippen molar-refractivity contribution >= 4 is 11.8 Å². The normalized spacial score (nSPS) is 25.9. The van der Waals surface area contributed by atoms with Crippen molar-refractivity contribution < 1.29 is 5.11 Å². The molecule has 18 heavy (non-hydrogen) atoms. The standard InChI is InChI=1S/C15H21NOS/c17-15(7-3-4-8-15)11-16-14-10-18-9-12-5-1-2-6-13(12)14/h1-2,5-6,14,16-17H,3-4,7-11H2. The SMILES string of the molecule is OC1(CNC2CSCc3ccccc32)CCCC1. The Morgan fingerprint density at radius 2 is 2.06 bits per heavy atom. The Kier molecular flexibility index (Phi) is 3.64. The lowest BCUT2D eigenvalue weighted by Crippen LogP contribution is -2.41. The van der Waals surface area contributed by atoms with Crippen molar-refractivity contribution in [3.63, 3.8) is 0 Å². The van der Waals surface area contributed by atoms with E-state index < -0.39 is 5.60 Å². The molecular formula is C15H21NOS. The summed E-state index contributed by atoms with van der Waals surface area (Å²) in [6.45, 7) is 0.743. The molecule has 0 saturated heterocycles. The van der Waals surface area contributed by atoms with E-state index in [-0.39, 0.29) is 0 Å². The summed E-state index contributed by atoms with van der Waals surface area (Å²) in [5.41, 5.74) is 2.43. The minimum atomic E-state index is -0.447. The van der Waals surface area contributed by atoms with Crippen LogP contribution in [0.4, 0.5) is 0 Å². The van der Waals surface area contributed by atoms with Crippen molar-refractivity contribution in [2.75, 3.05) is 12.3 Å². The molecule has 0 radical (unpaired) electrons. The maximum Gasteiger partial charge on any atom is 0.0771 e. The van der Waals surface area contributed by atoms with Gasteiger partial charge in [0.05, 0.1) is 5.60 Å². The first-order valence-corrected chi connectivity index (χ1v) is 8.04. The quantitative estimate of drug-likeness (QED) is 0.879. The number of nitrogens with one attached hydrogen (secondary N) is 1. The predicted molar refractivity (Wildman–Crippen MR) is 76.8 cm³/mol. The van der Waals surface area contributed by atoms with E-state index in [0.29, 0.717) is 6.04 Å². The molecule has 1 aromatic rings. The second kappa shape index (κ2) is 5.24. The summed E-state index contributed by atoms with van der Waals surface area (Å²) in [7, 11) is 0. The number of hydrogen-bond donors (Lipinski definition) is 2. The molecule has 0 amide bonds. The third-order valence-electron chi connectivity index (χ3n) is 4.18. The molecule has 1 aliphatic carbocycles. The van der Waals surface area contributed by atoms with Gasteiger partial charge in [-0.25, -0.2) is 0 Å². The van der Waals surface area contributed by atoms with Gasteiger partial charge in [0.1, 0.15) is 0 Å². The van der Waals surface area contributed by atoms with Crippen LogP contribution in [-0.4, -0.2) is 23.0 Å². The minimum absolute atomic E-state index is 0.407. The molecule has 3 rings (SSSR count). The van der Waals surface area contributed by atoms with Crippen LogP contribution >= 0.6 is 11.8 Å². The fourth-order valence-corrected chi connectivity index (χ4v) is 4.21. The van der Waals surface area contributed by atoms with Crippen molar-refractivity contribution in [2.24, 2.45) is 0 Å². The molecule has 1 aliphatic heterocycles. The molecule has 2 nitrogen and oxygen atoms in total. The zero-order chi connectivity index (χ0) is 12.4. The van der Waals surface area contributed by atoms with Gasteiger partial charge in [-0.05, 0) is 24.0 Å². The average Bonchev–Trinajstić information content (AvgIpc) is 2.84. The average molecular weight is 263 g/mol. The number of aliphatic hydroxyl groups is 1. The summed E-state index contributed by atoms with van der Waals surface area (Å²) in [5.74, 6) is 2.24. The third-order valence-corrected chi connectivity index (χ3v) is 5.27. The summed E-state index contributed by atoms with van der Waals surface area (Å²) in [6.07, 6.45) is 4.27.